The second kappa shape index (κ2) is 9.66. The first-order valence-corrected chi connectivity index (χ1v) is 14.8. The maximum atomic E-state index is 14.1. The average Bonchev–Trinajstić information content (AvgIpc) is 3.59. The molecule has 5 rings (SSSR count). The van der Waals surface area contributed by atoms with Crippen LogP contribution in [-0.2, 0) is 19.6 Å². The van der Waals surface area contributed by atoms with Gasteiger partial charge in [-0.2, -0.15) is 4.31 Å². The van der Waals surface area contributed by atoms with Crippen molar-refractivity contribution in [1.82, 2.24) is 9.29 Å². The summed E-state index contributed by atoms with van der Waals surface area (Å²) in [4.78, 5) is 20.6. The molecule has 2 aliphatic heterocycles. The van der Waals surface area contributed by atoms with Crippen molar-refractivity contribution in [2.45, 2.75) is 62.3 Å². The number of thiazole rings is 1. The van der Waals surface area contributed by atoms with Crippen LogP contribution in [0.1, 0.15) is 43.2 Å². The first-order valence-electron chi connectivity index (χ1n) is 11.7. The number of aromatic nitrogens is 1. The topological polar surface area (TPSA) is 79.8 Å². The number of fused-ring (bicyclic) bond motifs is 1. The van der Waals surface area contributed by atoms with Gasteiger partial charge in [0.25, 0.3) is 10.0 Å². The largest absolute Gasteiger partial charge is 0.376 e. The molecule has 0 saturated carbocycles. The Hall–Kier alpha value is -1.85. The quantitative estimate of drug-likeness (QED) is 0.470. The molecule has 0 bridgehead atoms. The molecule has 34 heavy (non-hydrogen) atoms. The summed E-state index contributed by atoms with van der Waals surface area (Å²) in [6.07, 6.45) is 3.86. The van der Waals surface area contributed by atoms with Crippen LogP contribution in [0.3, 0.4) is 0 Å². The van der Waals surface area contributed by atoms with Crippen LogP contribution in [0.4, 0.5) is 5.13 Å². The van der Waals surface area contributed by atoms with Gasteiger partial charge in [-0.3, -0.25) is 9.69 Å². The van der Waals surface area contributed by atoms with E-state index in [9.17, 15) is 13.2 Å². The number of piperidine rings is 1. The maximum Gasteiger partial charge on any atom is 0.253 e. The van der Waals surface area contributed by atoms with E-state index >= 15 is 0 Å². The fourth-order valence-corrected chi connectivity index (χ4v) is 8.51. The minimum absolute atomic E-state index is 0.0645. The molecule has 0 aliphatic carbocycles. The Kier molecular flexibility index (Phi) is 6.78. The Morgan fingerprint density at radius 1 is 1.21 bits per heavy atom. The first kappa shape index (κ1) is 23.9. The van der Waals surface area contributed by atoms with Crippen LogP contribution in [0.5, 0.6) is 0 Å². The molecule has 2 atom stereocenters. The number of carbonyl (C=O) groups is 1. The number of rotatable bonds is 6. The van der Waals surface area contributed by atoms with E-state index < -0.39 is 16.1 Å². The van der Waals surface area contributed by atoms with E-state index in [0.29, 0.717) is 31.2 Å². The van der Waals surface area contributed by atoms with Crippen molar-refractivity contribution in [3.8, 4) is 0 Å². The number of aryl methyl sites for hydroxylation is 2. The second-order valence-electron chi connectivity index (χ2n) is 9.04. The van der Waals surface area contributed by atoms with Crippen LogP contribution >= 0.6 is 22.7 Å². The predicted molar refractivity (Wildman–Crippen MR) is 136 cm³/mol. The average molecular weight is 520 g/mol. The number of ether oxygens (including phenoxy) is 1. The number of carbonyl (C=O) groups excluding carboxylic acids is 1. The van der Waals surface area contributed by atoms with Gasteiger partial charge in [0.15, 0.2) is 5.13 Å². The standard InChI is InChI=1S/C24H29N3O4S3/c1-16-13-19-21(14-17(16)2)33-24(25-19)26(15-18-7-5-11-31-18)23(28)20-8-3-4-10-27(20)34(29,30)22-9-6-12-32-22/h6,9,12-14,18,20H,3-5,7-8,10-11,15H2,1-2H3. The number of anilines is 1. The molecule has 0 radical (unpaired) electrons. The van der Waals surface area contributed by atoms with Crippen molar-refractivity contribution in [1.29, 1.82) is 0 Å². The summed E-state index contributed by atoms with van der Waals surface area (Å²) in [6, 6.07) is 6.76. The molecule has 2 unspecified atom stereocenters. The maximum absolute atomic E-state index is 14.1. The summed E-state index contributed by atoms with van der Waals surface area (Å²) in [5, 5.41) is 2.36. The van der Waals surface area contributed by atoms with E-state index in [1.807, 2.05) is 6.07 Å². The van der Waals surface area contributed by atoms with Crippen LogP contribution in [0.15, 0.2) is 33.9 Å². The Morgan fingerprint density at radius 3 is 2.76 bits per heavy atom. The van der Waals surface area contributed by atoms with Gasteiger partial charge in [-0.05, 0) is 74.2 Å². The van der Waals surface area contributed by atoms with Crippen molar-refractivity contribution in [2.75, 3.05) is 24.6 Å². The van der Waals surface area contributed by atoms with Crippen LogP contribution in [0.25, 0.3) is 10.2 Å². The zero-order valence-electron chi connectivity index (χ0n) is 19.4. The highest BCUT2D eigenvalue weighted by Crippen LogP contribution is 2.34. The van der Waals surface area contributed by atoms with E-state index in [1.54, 1.807) is 22.4 Å². The zero-order valence-corrected chi connectivity index (χ0v) is 21.8. The summed E-state index contributed by atoms with van der Waals surface area (Å²) in [7, 11) is -3.74. The molecule has 2 fully saturated rings. The number of nitrogens with zero attached hydrogens (tertiary/aromatic N) is 3. The third kappa shape index (κ3) is 4.54. The van der Waals surface area contributed by atoms with E-state index in [1.165, 1.54) is 32.5 Å². The molecule has 4 heterocycles. The van der Waals surface area contributed by atoms with Crippen LogP contribution < -0.4 is 4.90 Å². The molecule has 0 N–H and O–H groups in total. The van der Waals surface area contributed by atoms with Crippen molar-refractivity contribution in [3.05, 3.63) is 40.8 Å². The minimum atomic E-state index is -3.74. The monoisotopic (exact) mass is 519 g/mol. The molecule has 2 saturated heterocycles. The third-order valence-electron chi connectivity index (χ3n) is 6.70. The van der Waals surface area contributed by atoms with Crippen molar-refractivity contribution < 1.29 is 17.9 Å². The van der Waals surface area contributed by atoms with E-state index in [2.05, 4.69) is 19.9 Å². The summed E-state index contributed by atoms with van der Waals surface area (Å²) in [5.41, 5.74) is 3.20. The lowest BCUT2D eigenvalue weighted by molar-refractivity contribution is -0.123. The summed E-state index contributed by atoms with van der Waals surface area (Å²) in [6.45, 7) is 5.55. The molecule has 182 valence electrons. The Bertz CT molecular complexity index is 1240. The Morgan fingerprint density at radius 2 is 2.03 bits per heavy atom. The van der Waals surface area contributed by atoms with Crippen LogP contribution in [-0.4, -0.2) is 55.5 Å². The summed E-state index contributed by atoms with van der Waals surface area (Å²) in [5.74, 6) is -0.206. The molecule has 3 aromatic rings. The van der Waals surface area contributed by atoms with Gasteiger partial charge in [-0.25, -0.2) is 13.4 Å². The number of hydrogen-bond donors (Lipinski definition) is 0. The zero-order chi connectivity index (χ0) is 23.9. The Labute approximate surface area is 208 Å². The van der Waals surface area contributed by atoms with Gasteiger partial charge in [-0.15, -0.1) is 11.3 Å². The SMILES string of the molecule is Cc1cc2nc(N(CC3CCCO3)C(=O)C3CCCCN3S(=O)(=O)c3cccs3)sc2cc1C. The van der Waals surface area contributed by atoms with E-state index in [-0.39, 0.29) is 16.2 Å². The normalized spacial score (nSPS) is 21.8. The van der Waals surface area contributed by atoms with Crippen molar-refractivity contribution in [3.63, 3.8) is 0 Å². The number of sulfonamides is 1. The Balaban J connectivity index is 1.52. The summed E-state index contributed by atoms with van der Waals surface area (Å²) < 4.78 is 35.4. The van der Waals surface area contributed by atoms with Gasteiger partial charge < -0.3 is 4.74 Å². The molecular weight excluding hydrogens is 490 g/mol. The van der Waals surface area contributed by atoms with Gasteiger partial charge in [0.2, 0.25) is 5.91 Å². The number of amides is 1. The fraction of sp³-hybridized carbons (Fsp3) is 0.500. The molecule has 10 heteroatoms. The second-order valence-corrected chi connectivity index (χ2v) is 13.1. The molecule has 2 aromatic heterocycles. The van der Waals surface area contributed by atoms with Gasteiger partial charge in [0, 0.05) is 13.2 Å². The smallest absolute Gasteiger partial charge is 0.253 e. The van der Waals surface area contributed by atoms with Gasteiger partial charge in [0.05, 0.1) is 22.9 Å². The highest BCUT2D eigenvalue weighted by molar-refractivity contribution is 7.91. The molecule has 2 aliphatic rings. The number of thiophene rings is 1. The van der Waals surface area contributed by atoms with Crippen molar-refractivity contribution in [2.24, 2.45) is 0 Å². The molecule has 1 aromatic carbocycles. The lowest BCUT2D eigenvalue weighted by Gasteiger charge is -2.36. The third-order valence-corrected chi connectivity index (χ3v) is 11.0. The van der Waals surface area contributed by atoms with E-state index in [4.69, 9.17) is 9.72 Å². The van der Waals surface area contributed by atoms with Gasteiger partial charge in [-0.1, -0.05) is 23.8 Å². The number of benzene rings is 1. The highest BCUT2D eigenvalue weighted by atomic mass is 32.2. The molecule has 7 nitrogen and oxygen atoms in total. The first-order chi connectivity index (χ1) is 16.3. The minimum Gasteiger partial charge on any atom is -0.376 e. The molecular formula is C24H29N3O4S3. The van der Waals surface area contributed by atoms with Crippen LogP contribution in [0, 0.1) is 13.8 Å². The molecule has 0 spiro atoms. The number of hydrogen-bond acceptors (Lipinski definition) is 7. The summed E-state index contributed by atoms with van der Waals surface area (Å²) >= 11 is 2.67. The van der Waals surface area contributed by atoms with Gasteiger partial charge >= 0.3 is 0 Å². The van der Waals surface area contributed by atoms with Crippen LogP contribution in [0.2, 0.25) is 0 Å². The van der Waals surface area contributed by atoms with Crippen molar-refractivity contribution >= 4 is 54.0 Å². The van der Waals surface area contributed by atoms with E-state index in [0.717, 1.165) is 41.5 Å². The predicted octanol–water partition coefficient (Wildman–Crippen LogP) is 4.73. The highest BCUT2D eigenvalue weighted by Gasteiger charge is 2.41. The fourth-order valence-electron chi connectivity index (χ4n) is 4.68. The lowest BCUT2D eigenvalue weighted by Crippen LogP contribution is -2.54. The molecule has 1 amide bonds. The lowest BCUT2D eigenvalue weighted by atomic mass is 10.0. The van der Waals surface area contributed by atoms with Gasteiger partial charge in [0.1, 0.15) is 10.3 Å².